The van der Waals surface area contributed by atoms with Crippen molar-refractivity contribution in [3.8, 4) is 0 Å². The van der Waals surface area contributed by atoms with Crippen LogP contribution in [0, 0.1) is 0 Å². The van der Waals surface area contributed by atoms with Gasteiger partial charge in [-0.3, -0.25) is 19.0 Å². The van der Waals surface area contributed by atoms with Gasteiger partial charge in [-0.1, -0.05) is 29.4 Å². The Kier molecular flexibility index (Phi) is 7.14. The monoisotopic (exact) mass is 456 g/mol. The number of nitrogens with zero attached hydrogens (tertiary/aromatic N) is 2. The van der Waals surface area contributed by atoms with E-state index in [1.807, 2.05) is 0 Å². The van der Waals surface area contributed by atoms with Crippen molar-refractivity contribution in [2.24, 2.45) is 0 Å². The van der Waals surface area contributed by atoms with Crippen LogP contribution in [0.2, 0.25) is 5.02 Å². The molecule has 2 aromatic carbocycles. The number of benzene rings is 2. The van der Waals surface area contributed by atoms with Crippen molar-refractivity contribution in [2.45, 2.75) is 30.8 Å². The van der Waals surface area contributed by atoms with Crippen molar-refractivity contribution < 1.29 is 9.59 Å². The first-order valence-corrected chi connectivity index (χ1v) is 10.7. The molecule has 7 nitrogen and oxygen atoms in total. The van der Waals surface area contributed by atoms with Gasteiger partial charge in [0, 0.05) is 29.9 Å². The summed E-state index contributed by atoms with van der Waals surface area (Å²) < 4.78 is 1.49. The number of carbonyl (C=O) groups excluding carboxylic acids is 2. The number of hydrogen-bond acceptors (Lipinski definition) is 5. The van der Waals surface area contributed by atoms with E-state index in [9.17, 15) is 14.4 Å². The SMILES string of the molecule is C=CCn1c(S[C@H](C)C(=O)Nc2ccc(NC(C)=O)cc2)nc2cc(Cl)ccc2c1=O. The average molecular weight is 457 g/mol. The topological polar surface area (TPSA) is 93.1 Å². The van der Waals surface area contributed by atoms with E-state index in [4.69, 9.17) is 11.6 Å². The highest BCUT2D eigenvalue weighted by Crippen LogP contribution is 2.25. The van der Waals surface area contributed by atoms with E-state index in [1.165, 1.54) is 23.3 Å². The number of thioether (sulfide) groups is 1. The number of nitrogens with one attached hydrogen (secondary N) is 2. The molecular weight excluding hydrogens is 436 g/mol. The van der Waals surface area contributed by atoms with Gasteiger partial charge in [0.25, 0.3) is 5.56 Å². The zero-order valence-electron chi connectivity index (χ0n) is 17.0. The number of carbonyl (C=O) groups is 2. The van der Waals surface area contributed by atoms with Gasteiger partial charge < -0.3 is 10.6 Å². The fourth-order valence-electron chi connectivity index (χ4n) is 2.85. The van der Waals surface area contributed by atoms with Crippen LogP contribution in [0.1, 0.15) is 13.8 Å². The Labute approximate surface area is 188 Å². The van der Waals surface area contributed by atoms with E-state index < -0.39 is 5.25 Å². The average Bonchev–Trinajstić information content (AvgIpc) is 2.71. The zero-order chi connectivity index (χ0) is 22.5. The van der Waals surface area contributed by atoms with Gasteiger partial charge in [-0.05, 0) is 49.4 Å². The third-order valence-corrected chi connectivity index (χ3v) is 5.64. The molecule has 3 rings (SSSR count). The lowest BCUT2D eigenvalue weighted by Gasteiger charge is -2.16. The van der Waals surface area contributed by atoms with Gasteiger partial charge in [0.15, 0.2) is 5.16 Å². The number of halogens is 1. The molecule has 0 aliphatic rings. The Hall–Kier alpha value is -3.10. The summed E-state index contributed by atoms with van der Waals surface area (Å²) in [5.41, 5.74) is 1.49. The number of fused-ring (bicyclic) bond motifs is 1. The molecule has 0 spiro atoms. The summed E-state index contributed by atoms with van der Waals surface area (Å²) in [5.74, 6) is -0.417. The van der Waals surface area contributed by atoms with Crippen molar-refractivity contribution in [1.29, 1.82) is 0 Å². The summed E-state index contributed by atoms with van der Waals surface area (Å²) in [5, 5.41) is 6.30. The summed E-state index contributed by atoms with van der Waals surface area (Å²) in [6.45, 7) is 7.13. The molecule has 0 unspecified atom stereocenters. The molecular formula is C22H21ClN4O3S. The quantitative estimate of drug-likeness (QED) is 0.314. The minimum atomic E-state index is -0.533. The minimum Gasteiger partial charge on any atom is -0.326 e. The highest BCUT2D eigenvalue weighted by molar-refractivity contribution is 8.00. The van der Waals surface area contributed by atoms with Gasteiger partial charge in [0.1, 0.15) is 0 Å². The normalized spacial score (nSPS) is 11.7. The van der Waals surface area contributed by atoms with E-state index in [-0.39, 0.29) is 23.9 Å². The Morgan fingerprint density at radius 2 is 1.84 bits per heavy atom. The van der Waals surface area contributed by atoms with Crippen LogP contribution in [0.15, 0.2) is 65.1 Å². The van der Waals surface area contributed by atoms with Crippen molar-refractivity contribution in [3.05, 3.63) is 70.5 Å². The van der Waals surface area contributed by atoms with Crippen molar-refractivity contribution in [3.63, 3.8) is 0 Å². The van der Waals surface area contributed by atoms with E-state index in [1.54, 1.807) is 55.5 Å². The largest absolute Gasteiger partial charge is 0.326 e. The Bertz CT molecular complexity index is 1210. The molecule has 1 aromatic heterocycles. The van der Waals surface area contributed by atoms with Crippen LogP contribution in [0.4, 0.5) is 11.4 Å². The molecule has 0 bridgehead atoms. The van der Waals surface area contributed by atoms with Gasteiger partial charge in [0.2, 0.25) is 11.8 Å². The van der Waals surface area contributed by atoms with Crippen molar-refractivity contribution in [2.75, 3.05) is 10.6 Å². The number of hydrogen-bond donors (Lipinski definition) is 2. The maximum atomic E-state index is 12.9. The number of allylic oxidation sites excluding steroid dienone is 1. The van der Waals surface area contributed by atoms with Crippen LogP contribution < -0.4 is 16.2 Å². The molecule has 1 atom stereocenters. The fourth-order valence-corrected chi connectivity index (χ4v) is 3.93. The summed E-state index contributed by atoms with van der Waals surface area (Å²) in [7, 11) is 0. The highest BCUT2D eigenvalue weighted by atomic mass is 35.5. The second-order valence-electron chi connectivity index (χ2n) is 6.77. The van der Waals surface area contributed by atoms with E-state index >= 15 is 0 Å². The lowest BCUT2D eigenvalue weighted by Crippen LogP contribution is -2.26. The molecule has 2 N–H and O–H groups in total. The second kappa shape index (κ2) is 9.80. The summed E-state index contributed by atoms with van der Waals surface area (Å²) in [6, 6.07) is 11.7. The fraction of sp³-hybridized carbons (Fsp3) is 0.182. The molecule has 0 radical (unpaired) electrons. The molecule has 1 heterocycles. The van der Waals surface area contributed by atoms with Crippen molar-refractivity contribution in [1.82, 2.24) is 9.55 Å². The molecule has 3 aromatic rings. The standard InChI is InChI=1S/C22H21ClN4O3S/c1-4-11-27-21(30)18-10-5-15(23)12-19(18)26-22(27)31-13(2)20(29)25-17-8-6-16(7-9-17)24-14(3)28/h4-10,12-13H,1,11H2,2-3H3,(H,24,28)(H,25,29)/t13-/m1/s1. The predicted octanol–water partition coefficient (Wildman–Crippen LogP) is 4.31. The first-order valence-electron chi connectivity index (χ1n) is 9.44. The van der Waals surface area contributed by atoms with Crippen LogP contribution in [0.5, 0.6) is 0 Å². The molecule has 0 aliphatic carbocycles. The lowest BCUT2D eigenvalue weighted by molar-refractivity contribution is -0.115. The molecule has 0 aliphatic heterocycles. The van der Waals surface area contributed by atoms with Crippen molar-refractivity contribution >= 4 is 57.5 Å². The van der Waals surface area contributed by atoms with Gasteiger partial charge in [-0.15, -0.1) is 6.58 Å². The number of anilines is 2. The third-order valence-electron chi connectivity index (χ3n) is 4.32. The maximum Gasteiger partial charge on any atom is 0.262 e. The molecule has 0 saturated carbocycles. The molecule has 2 amide bonds. The lowest BCUT2D eigenvalue weighted by atomic mass is 10.2. The minimum absolute atomic E-state index is 0.170. The Balaban J connectivity index is 1.81. The van der Waals surface area contributed by atoms with Crippen LogP contribution in [-0.4, -0.2) is 26.6 Å². The summed E-state index contributed by atoms with van der Waals surface area (Å²) in [4.78, 5) is 41.3. The van der Waals surface area contributed by atoms with Gasteiger partial charge in [0.05, 0.1) is 16.2 Å². The first-order chi connectivity index (χ1) is 14.8. The molecule has 9 heteroatoms. The first kappa shape index (κ1) is 22.6. The molecule has 0 saturated heterocycles. The van der Waals surface area contributed by atoms with E-state index in [0.29, 0.717) is 32.5 Å². The van der Waals surface area contributed by atoms with Crippen LogP contribution in [-0.2, 0) is 16.1 Å². The van der Waals surface area contributed by atoms with Crippen LogP contribution >= 0.6 is 23.4 Å². The van der Waals surface area contributed by atoms with Gasteiger partial charge in [-0.2, -0.15) is 0 Å². The van der Waals surface area contributed by atoms with E-state index in [2.05, 4.69) is 22.2 Å². The number of rotatable bonds is 7. The Morgan fingerprint density at radius 1 is 1.19 bits per heavy atom. The molecule has 31 heavy (non-hydrogen) atoms. The second-order valence-corrected chi connectivity index (χ2v) is 8.51. The Morgan fingerprint density at radius 3 is 2.45 bits per heavy atom. The molecule has 160 valence electrons. The predicted molar refractivity (Wildman–Crippen MR) is 126 cm³/mol. The number of amides is 2. The van der Waals surface area contributed by atoms with E-state index in [0.717, 1.165) is 0 Å². The van der Waals surface area contributed by atoms with Crippen LogP contribution in [0.3, 0.4) is 0 Å². The van der Waals surface area contributed by atoms with Crippen LogP contribution in [0.25, 0.3) is 10.9 Å². The third kappa shape index (κ3) is 5.53. The molecule has 0 fully saturated rings. The number of aromatic nitrogens is 2. The summed E-state index contributed by atoms with van der Waals surface area (Å²) in [6.07, 6.45) is 1.61. The van der Waals surface area contributed by atoms with Gasteiger partial charge >= 0.3 is 0 Å². The van der Waals surface area contributed by atoms with Gasteiger partial charge in [-0.25, -0.2) is 4.98 Å². The summed E-state index contributed by atoms with van der Waals surface area (Å²) >= 11 is 7.23. The smallest absolute Gasteiger partial charge is 0.262 e. The zero-order valence-corrected chi connectivity index (χ0v) is 18.6. The maximum absolute atomic E-state index is 12.9. The highest BCUT2D eigenvalue weighted by Gasteiger charge is 2.19.